The number of nitrogens with zero attached hydrogens (tertiary/aromatic N) is 1. The summed E-state index contributed by atoms with van der Waals surface area (Å²) in [5.74, 6) is 0. The molecule has 0 saturated carbocycles. The molecular weight excluding hydrogens is 556 g/mol. The number of benzene rings is 6. The number of rotatable bonds is 6. The van der Waals surface area contributed by atoms with Gasteiger partial charge in [0.1, 0.15) is 0 Å². The van der Waals surface area contributed by atoms with Gasteiger partial charge in [-0.2, -0.15) is 0 Å². The zero-order valence-corrected chi connectivity index (χ0v) is 24.6. The highest BCUT2D eigenvalue weighted by Crippen LogP contribution is 2.50. The van der Waals surface area contributed by atoms with Gasteiger partial charge in [0.05, 0.1) is 31.8 Å². The van der Waals surface area contributed by atoms with E-state index in [0.717, 1.165) is 0 Å². The minimum Gasteiger partial charge on any atom is -1.00 e. The van der Waals surface area contributed by atoms with E-state index in [0.29, 0.717) is 0 Å². The number of hydrogen-bond donors (Lipinski definition) is 0. The molecule has 0 atom stereocenters. The molecule has 204 valence electrons. The van der Waals surface area contributed by atoms with Gasteiger partial charge >= 0.3 is 14.1 Å². The van der Waals surface area contributed by atoms with Crippen molar-refractivity contribution in [1.29, 1.82) is 0 Å². The third kappa shape index (κ3) is 5.69. The average molecular weight is 590 g/mol. The van der Waals surface area contributed by atoms with Gasteiger partial charge in [0.2, 0.25) is 0 Å². The Bertz CT molecular complexity index is 1430. The summed E-state index contributed by atoms with van der Waals surface area (Å²) in [6.07, 6.45) is 0. The van der Waals surface area contributed by atoms with E-state index in [-0.39, 0.29) is 19.8 Å². The van der Waals surface area contributed by atoms with Crippen LogP contribution in [-0.2, 0) is 0 Å². The van der Waals surface area contributed by atoms with Crippen molar-refractivity contribution in [2.24, 2.45) is 0 Å². The maximum absolute atomic E-state index is 6.38. The molecule has 0 heterocycles. The van der Waals surface area contributed by atoms with Crippen LogP contribution < -0.4 is 48.4 Å². The van der Waals surface area contributed by atoms with Crippen LogP contribution in [0, 0.1) is 0 Å². The minimum atomic E-state index is -2.50. The van der Waals surface area contributed by atoms with Crippen LogP contribution in [0.4, 0.5) is 0 Å². The van der Waals surface area contributed by atoms with Gasteiger partial charge in [-0.05, 0) is 72.8 Å². The first-order chi connectivity index (χ1) is 19.3. The summed E-state index contributed by atoms with van der Waals surface area (Å²) in [4.78, 5) is 0. The van der Waals surface area contributed by atoms with E-state index in [2.05, 4.69) is 182 Å². The summed E-state index contributed by atoms with van der Waals surface area (Å²) in [5.41, 5.74) is 0. The number of hydrogen-bond acceptors (Lipinski definition) is 0. The standard InChI is InChI=1S/C36H30NP2.CH4.ClH/c1-7-19-31(20-8-1)38(32-21-9-2-10-22-32,33-23-11-3-12-24-33)37-39(34-25-13-4-14-26-34,35-27-15-5-16-28-35)36-29-17-6-18-30-36;;/h1-30H;1H4;1H/q+1;;/p-1. The predicted molar refractivity (Wildman–Crippen MR) is 179 cm³/mol. The van der Waals surface area contributed by atoms with Crippen LogP contribution in [0.15, 0.2) is 182 Å². The van der Waals surface area contributed by atoms with E-state index in [1.165, 1.54) is 31.8 Å². The highest BCUT2D eigenvalue weighted by molar-refractivity contribution is 7.93. The molecule has 0 aliphatic heterocycles. The van der Waals surface area contributed by atoms with Gasteiger partial charge in [-0.15, -0.1) is 4.17 Å². The smallest absolute Gasteiger partial charge is 0.301 e. The molecule has 6 aromatic rings. The van der Waals surface area contributed by atoms with Gasteiger partial charge < -0.3 is 12.4 Å². The van der Waals surface area contributed by atoms with Gasteiger partial charge in [-0.1, -0.05) is 117 Å². The van der Waals surface area contributed by atoms with Gasteiger partial charge in [-0.3, -0.25) is 0 Å². The van der Waals surface area contributed by atoms with Gasteiger partial charge in [-0.25, -0.2) is 0 Å². The van der Waals surface area contributed by atoms with E-state index in [4.69, 9.17) is 4.17 Å². The molecule has 41 heavy (non-hydrogen) atoms. The fraction of sp³-hybridized carbons (Fsp3) is 0.0270. The molecule has 0 saturated heterocycles. The van der Waals surface area contributed by atoms with E-state index < -0.39 is 14.1 Å². The topological polar surface area (TPSA) is 14.1 Å². The molecule has 1 nitrogen and oxygen atoms in total. The lowest BCUT2D eigenvalue weighted by atomic mass is 10.4. The Morgan fingerprint density at radius 2 is 0.415 bits per heavy atom. The van der Waals surface area contributed by atoms with Crippen molar-refractivity contribution in [1.82, 2.24) is 4.17 Å². The molecule has 0 aliphatic carbocycles. The van der Waals surface area contributed by atoms with Gasteiger partial charge in [0.15, 0.2) is 0 Å². The largest absolute Gasteiger partial charge is 1.00 e. The zero-order valence-electron chi connectivity index (χ0n) is 22.0. The lowest BCUT2D eigenvalue weighted by Gasteiger charge is -2.20. The molecule has 0 bridgehead atoms. The van der Waals surface area contributed by atoms with Crippen LogP contribution >= 0.6 is 14.1 Å². The molecule has 0 N–H and O–H groups in total. The second kappa shape index (κ2) is 13.7. The Kier molecular flexibility index (Phi) is 10.1. The van der Waals surface area contributed by atoms with Crippen LogP contribution in [0.25, 0.3) is 0 Å². The lowest BCUT2D eigenvalue weighted by Crippen LogP contribution is -3.00. The predicted octanol–water partition coefficient (Wildman–Crippen LogP) is 4.05. The van der Waals surface area contributed by atoms with Crippen molar-refractivity contribution in [2.45, 2.75) is 7.43 Å². The van der Waals surface area contributed by atoms with E-state index >= 15 is 0 Å². The summed E-state index contributed by atoms with van der Waals surface area (Å²) in [7, 11) is -4.99. The van der Waals surface area contributed by atoms with Crippen LogP contribution in [0.2, 0.25) is 0 Å². The maximum Gasteiger partial charge on any atom is 0.301 e. The Morgan fingerprint density at radius 3 is 0.561 bits per heavy atom. The van der Waals surface area contributed by atoms with Crippen molar-refractivity contribution in [3.63, 3.8) is 0 Å². The van der Waals surface area contributed by atoms with E-state index in [9.17, 15) is 0 Å². The van der Waals surface area contributed by atoms with Crippen LogP contribution in [-0.4, -0.2) is 0 Å². The quantitative estimate of drug-likeness (QED) is 0.206. The molecule has 6 rings (SSSR count). The van der Waals surface area contributed by atoms with Crippen LogP contribution in [0.5, 0.6) is 0 Å². The third-order valence-corrected chi connectivity index (χ3v) is 15.5. The first-order valence-electron chi connectivity index (χ1n) is 13.2. The molecule has 0 fully saturated rings. The summed E-state index contributed by atoms with van der Waals surface area (Å²) >= 11 is 0. The van der Waals surface area contributed by atoms with E-state index in [1.54, 1.807) is 0 Å². The fourth-order valence-corrected chi connectivity index (χ4v) is 14.8. The molecule has 0 unspecified atom stereocenters. The van der Waals surface area contributed by atoms with E-state index in [1.807, 2.05) is 0 Å². The maximum atomic E-state index is 6.38. The molecule has 0 amide bonds. The average Bonchev–Trinajstić information content (AvgIpc) is 3.04. The van der Waals surface area contributed by atoms with Crippen LogP contribution in [0.1, 0.15) is 7.43 Å². The van der Waals surface area contributed by atoms with Gasteiger partial charge in [0.25, 0.3) is 0 Å². The summed E-state index contributed by atoms with van der Waals surface area (Å²) < 4.78 is 6.38. The van der Waals surface area contributed by atoms with Crippen molar-refractivity contribution in [3.05, 3.63) is 182 Å². The lowest BCUT2D eigenvalue weighted by molar-refractivity contribution is -0.00000791. The Labute approximate surface area is 251 Å². The molecule has 4 heteroatoms. The summed E-state index contributed by atoms with van der Waals surface area (Å²) in [6, 6.07) is 65.7. The first-order valence-corrected chi connectivity index (χ1v) is 16.7. The second-order valence-corrected chi connectivity index (χ2v) is 15.7. The molecular formula is C37H34ClNP2. The first kappa shape index (κ1) is 30.1. The molecule has 6 aromatic carbocycles. The monoisotopic (exact) mass is 589 g/mol. The molecule has 0 aliphatic rings. The van der Waals surface area contributed by atoms with Crippen molar-refractivity contribution < 1.29 is 12.4 Å². The molecule has 0 radical (unpaired) electrons. The minimum absolute atomic E-state index is 0. The summed E-state index contributed by atoms with van der Waals surface area (Å²) in [6.45, 7) is 0. The van der Waals surface area contributed by atoms with Gasteiger partial charge in [0, 0.05) is 0 Å². The zero-order chi connectivity index (χ0) is 26.4. The Hall–Kier alpha value is -3.82. The molecule has 0 spiro atoms. The highest BCUT2D eigenvalue weighted by atomic mass is 35.5. The SMILES string of the molecule is C.[Cl-].c1ccc(P(=[N+]=P(c2ccccc2)(c2ccccc2)c2ccccc2)(c2ccccc2)c2ccccc2)cc1. The third-order valence-electron chi connectivity index (χ3n) is 7.05. The Balaban J connectivity index is 0.00000194. The molecule has 0 aromatic heterocycles. The van der Waals surface area contributed by atoms with Crippen molar-refractivity contribution in [2.75, 3.05) is 0 Å². The number of halogens is 1. The fourth-order valence-electron chi connectivity index (χ4n) is 5.27. The highest BCUT2D eigenvalue weighted by Gasteiger charge is 2.44. The summed E-state index contributed by atoms with van der Waals surface area (Å²) in [5, 5.41) is 7.55. The second-order valence-electron chi connectivity index (χ2n) is 9.37. The van der Waals surface area contributed by atoms with Crippen molar-refractivity contribution in [3.8, 4) is 0 Å². The van der Waals surface area contributed by atoms with Crippen molar-refractivity contribution >= 4 is 45.9 Å². The Morgan fingerprint density at radius 1 is 0.268 bits per heavy atom. The normalized spacial score (nSPS) is 10.9. The van der Waals surface area contributed by atoms with Crippen LogP contribution in [0.3, 0.4) is 0 Å².